The molecule has 1 N–H and O–H groups in total. The molecule has 0 amide bonds. The number of aromatic nitrogens is 2. The van der Waals surface area contributed by atoms with E-state index in [1.165, 1.54) is 0 Å². The minimum atomic E-state index is 0.131. The summed E-state index contributed by atoms with van der Waals surface area (Å²) in [5.74, 6) is 1.20. The van der Waals surface area contributed by atoms with Gasteiger partial charge >= 0.3 is 0 Å². The zero-order valence-corrected chi connectivity index (χ0v) is 9.78. The van der Waals surface area contributed by atoms with Gasteiger partial charge < -0.3 is 9.63 Å². The molecule has 0 aliphatic rings. The van der Waals surface area contributed by atoms with Crippen molar-refractivity contribution in [3.8, 4) is 10.8 Å². The first kappa shape index (κ1) is 11.3. The number of likely N-dealkylation sites (N-methyl/N-ethyl adjacent to an activating group) is 1. The van der Waals surface area contributed by atoms with E-state index < -0.39 is 0 Å². The lowest BCUT2D eigenvalue weighted by atomic mass is 10.4. The Hall–Kier alpha value is -1.24. The average Bonchev–Trinajstić information content (AvgIpc) is 2.86. The van der Waals surface area contributed by atoms with Crippen LogP contribution in [0, 0.1) is 0 Å². The van der Waals surface area contributed by atoms with Crippen molar-refractivity contribution in [2.45, 2.75) is 6.54 Å². The largest absolute Gasteiger partial charge is 0.395 e. The van der Waals surface area contributed by atoms with Crippen molar-refractivity contribution < 1.29 is 9.63 Å². The maximum atomic E-state index is 8.77. The van der Waals surface area contributed by atoms with Gasteiger partial charge in [0.05, 0.1) is 18.0 Å². The van der Waals surface area contributed by atoms with Crippen LogP contribution in [0.4, 0.5) is 0 Å². The number of hydrogen-bond acceptors (Lipinski definition) is 6. The van der Waals surface area contributed by atoms with Crippen molar-refractivity contribution in [3.63, 3.8) is 0 Å². The van der Waals surface area contributed by atoms with Crippen molar-refractivity contribution in [1.82, 2.24) is 15.0 Å². The lowest BCUT2D eigenvalue weighted by Crippen LogP contribution is -2.22. The molecule has 0 unspecified atom stereocenters. The van der Waals surface area contributed by atoms with Gasteiger partial charge in [0, 0.05) is 6.54 Å². The number of nitrogens with zero attached hydrogens (tertiary/aromatic N) is 3. The molecule has 0 aliphatic carbocycles. The van der Waals surface area contributed by atoms with E-state index in [4.69, 9.17) is 9.63 Å². The molecule has 2 rings (SSSR count). The summed E-state index contributed by atoms with van der Waals surface area (Å²) in [6.07, 6.45) is 0. The van der Waals surface area contributed by atoms with Crippen LogP contribution in [0.5, 0.6) is 0 Å². The molecule has 16 heavy (non-hydrogen) atoms. The molecule has 6 heteroatoms. The molecule has 0 fully saturated rings. The molecule has 2 aromatic rings. The summed E-state index contributed by atoms with van der Waals surface area (Å²) in [6, 6.07) is 3.89. The van der Waals surface area contributed by atoms with Crippen LogP contribution in [0.15, 0.2) is 22.0 Å². The Morgan fingerprint density at radius 2 is 2.44 bits per heavy atom. The van der Waals surface area contributed by atoms with Crippen molar-refractivity contribution in [1.29, 1.82) is 0 Å². The number of thiophene rings is 1. The molecule has 5 nitrogen and oxygen atoms in total. The minimum absolute atomic E-state index is 0.131. The maximum Gasteiger partial charge on any atom is 0.268 e. The lowest BCUT2D eigenvalue weighted by Gasteiger charge is -2.11. The van der Waals surface area contributed by atoms with Gasteiger partial charge in [0.2, 0.25) is 0 Å². The predicted molar refractivity (Wildman–Crippen MR) is 61.0 cm³/mol. The van der Waals surface area contributed by atoms with Gasteiger partial charge in [-0.3, -0.25) is 4.90 Å². The van der Waals surface area contributed by atoms with Crippen LogP contribution < -0.4 is 0 Å². The van der Waals surface area contributed by atoms with Crippen molar-refractivity contribution >= 4 is 11.3 Å². The molecular formula is C10H13N3O2S. The van der Waals surface area contributed by atoms with Crippen molar-refractivity contribution in [3.05, 3.63) is 23.3 Å². The molecule has 0 radical (unpaired) electrons. The zero-order valence-electron chi connectivity index (χ0n) is 8.96. The highest BCUT2D eigenvalue weighted by Crippen LogP contribution is 2.22. The summed E-state index contributed by atoms with van der Waals surface area (Å²) >= 11 is 1.57. The standard InChI is InChI=1S/C10H13N3O2S/c1-13(4-5-14)7-9-11-10(15-12-9)8-3-2-6-16-8/h2-3,6,14H,4-5,7H2,1H3. The van der Waals surface area contributed by atoms with Gasteiger partial charge in [-0.25, -0.2) is 0 Å². The summed E-state index contributed by atoms with van der Waals surface area (Å²) in [4.78, 5) is 7.19. The second-order valence-corrected chi connectivity index (χ2v) is 4.40. The lowest BCUT2D eigenvalue weighted by molar-refractivity contribution is 0.213. The fourth-order valence-corrected chi connectivity index (χ4v) is 1.95. The quantitative estimate of drug-likeness (QED) is 0.850. The van der Waals surface area contributed by atoms with Gasteiger partial charge in [-0.2, -0.15) is 4.98 Å². The number of aliphatic hydroxyl groups is 1. The van der Waals surface area contributed by atoms with E-state index in [1.807, 2.05) is 29.5 Å². The van der Waals surface area contributed by atoms with Gasteiger partial charge in [0.25, 0.3) is 5.89 Å². The third-order valence-corrected chi connectivity index (χ3v) is 2.95. The molecule has 2 aromatic heterocycles. The molecule has 0 atom stereocenters. The van der Waals surface area contributed by atoms with Gasteiger partial charge in [-0.15, -0.1) is 11.3 Å². The third-order valence-electron chi connectivity index (χ3n) is 2.09. The minimum Gasteiger partial charge on any atom is -0.395 e. The smallest absolute Gasteiger partial charge is 0.268 e. The molecule has 2 heterocycles. The third kappa shape index (κ3) is 2.66. The van der Waals surface area contributed by atoms with E-state index in [-0.39, 0.29) is 6.61 Å². The molecule has 0 aliphatic heterocycles. The van der Waals surface area contributed by atoms with E-state index in [9.17, 15) is 0 Å². The number of hydrogen-bond donors (Lipinski definition) is 1. The Bertz CT molecular complexity index is 427. The maximum absolute atomic E-state index is 8.77. The van der Waals surface area contributed by atoms with E-state index in [1.54, 1.807) is 11.3 Å². The Kier molecular flexibility index (Phi) is 3.66. The zero-order chi connectivity index (χ0) is 11.4. The summed E-state index contributed by atoms with van der Waals surface area (Å²) in [7, 11) is 1.90. The first-order valence-electron chi connectivity index (χ1n) is 4.95. The second kappa shape index (κ2) is 5.20. The summed E-state index contributed by atoms with van der Waals surface area (Å²) in [6.45, 7) is 1.31. The van der Waals surface area contributed by atoms with E-state index in [0.29, 0.717) is 24.8 Å². The molecular weight excluding hydrogens is 226 g/mol. The highest BCUT2D eigenvalue weighted by Gasteiger charge is 2.10. The monoisotopic (exact) mass is 239 g/mol. The highest BCUT2D eigenvalue weighted by atomic mass is 32.1. The Balaban J connectivity index is 2.03. The van der Waals surface area contributed by atoms with Crippen molar-refractivity contribution in [2.24, 2.45) is 0 Å². The fourth-order valence-electron chi connectivity index (χ4n) is 1.31. The first-order valence-corrected chi connectivity index (χ1v) is 5.83. The molecule has 86 valence electrons. The second-order valence-electron chi connectivity index (χ2n) is 3.45. The number of aliphatic hydroxyl groups excluding tert-OH is 1. The average molecular weight is 239 g/mol. The van der Waals surface area contributed by atoms with Gasteiger partial charge in [0.15, 0.2) is 5.82 Å². The molecule has 0 aromatic carbocycles. The van der Waals surface area contributed by atoms with Crippen LogP contribution in [0.2, 0.25) is 0 Å². The van der Waals surface area contributed by atoms with Crippen LogP contribution in [0.1, 0.15) is 5.82 Å². The van der Waals surface area contributed by atoms with Gasteiger partial charge in [0.1, 0.15) is 0 Å². The molecule has 0 saturated heterocycles. The Morgan fingerprint density at radius 1 is 1.56 bits per heavy atom. The SMILES string of the molecule is CN(CCO)Cc1noc(-c2cccs2)n1. The van der Waals surface area contributed by atoms with Crippen LogP contribution in [0.3, 0.4) is 0 Å². The highest BCUT2D eigenvalue weighted by molar-refractivity contribution is 7.13. The molecule has 0 bridgehead atoms. The number of rotatable bonds is 5. The fraction of sp³-hybridized carbons (Fsp3) is 0.400. The van der Waals surface area contributed by atoms with Crippen LogP contribution >= 0.6 is 11.3 Å². The van der Waals surface area contributed by atoms with Crippen LogP contribution in [0.25, 0.3) is 10.8 Å². The topological polar surface area (TPSA) is 62.4 Å². The predicted octanol–water partition coefficient (Wildman–Crippen LogP) is 1.22. The van der Waals surface area contributed by atoms with Gasteiger partial charge in [-0.1, -0.05) is 11.2 Å². The summed E-state index contributed by atoms with van der Waals surface area (Å²) < 4.78 is 5.15. The van der Waals surface area contributed by atoms with E-state index in [2.05, 4.69) is 10.1 Å². The van der Waals surface area contributed by atoms with Crippen molar-refractivity contribution in [2.75, 3.05) is 20.2 Å². The summed E-state index contributed by atoms with van der Waals surface area (Å²) in [5.41, 5.74) is 0. The Morgan fingerprint density at radius 3 is 3.12 bits per heavy atom. The first-order chi connectivity index (χ1) is 7.79. The van der Waals surface area contributed by atoms with Gasteiger partial charge in [-0.05, 0) is 18.5 Å². The van der Waals surface area contributed by atoms with Crippen LogP contribution in [-0.4, -0.2) is 40.3 Å². The molecule has 0 saturated carbocycles. The Labute approximate surface area is 97.3 Å². The van der Waals surface area contributed by atoms with E-state index in [0.717, 1.165) is 4.88 Å². The van der Waals surface area contributed by atoms with E-state index >= 15 is 0 Å². The molecule has 0 spiro atoms. The summed E-state index contributed by atoms with van der Waals surface area (Å²) in [5, 5.41) is 14.6. The normalized spacial score (nSPS) is 11.2. The van der Waals surface area contributed by atoms with Crippen LogP contribution in [-0.2, 0) is 6.54 Å².